The van der Waals surface area contributed by atoms with Crippen LogP contribution in [0.2, 0.25) is 13.3 Å². The van der Waals surface area contributed by atoms with E-state index in [-0.39, 0.29) is 0 Å². The van der Waals surface area contributed by atoms with Crippen LogP contribution in [0.1, 0.15) is 59.3 Å². The van der Waals surface area contributed by atoms with E-state index in [9.17, 15) is 0 Å². The van der Waals surface area contributed by atoms with Crippen molar-refractivity contribution >= 4 is 56.0 Å². The summed E-state index contributed by atoms with van der Waals surface area (Å²) in [5.41, 5.74) is 0. The van der Waals surface area contributed by atoms with Gasteiger partial charge in [-0.1, -0.05) is 0 Å². The van der Waals surface area contributed by atoms with Crippen molar-refractivity contribution in [3.63, 3.8) is 0 Å². The Morgan fingerprint density at radius 2 is 1.47 bits per heavy atom. The SMILES string of the molecule is CCC[CH2][Sn]([CH2]CCC)([CH2]CCC)[c]1csc(I)n1. The van der Waals surface area contributed by atoms with Gasteiger partial charge in [0.05, 0.1) is 0 Å². The molecule has 1 heterocycles. The van der Waals surface area contributed by atoms with Gasteiger partial charge in [0.15, 0.2) is 0 Å². The molecule has 4 heteroatoms. The molecule has 1 aromatic heterocycles. The van der Waals surface area contributed by atoms with E-state index in [4.69, 9.17) is 4.98 Å². The molecule has 0 amide bonds. The summed E-state index contributed by atoms with van der Waals surface area (Å²) in [6, 6.07) is 0. The van der Waals surface area contributed by atoms with E-state index >= 15 is 0 Å². The molecule has 110 valence electrons. The Labute approximate surface area is 141 Å². The van der Waals surface area contributed by atoms with Crippen LogP contribution in [0.4, 0.5) is 0 Å². The van der Waals surface area contributed by atoms with Crippen molar-refractivity contribution < 1.29 is 0 Å². The fourth-order valence-corrected chi connectivity index (χ4v) is 21.8. The van der Waals surface area contributed by atoms with Crippen LogP contribution in [0.15, 0.2) is 5.38 Å². The average molecular weight is 500 g/mol. The van der Waals surface area contributed by atoms with E-state index in [0.717, 1.165) is 0 Å². The normalized spacial score (nSPS) is 12.0. The van der Waals surface area contributed by atoms with Crippen LogP contribution in [0.25, 0.3) is 0 Å². The molecule has 0 unspecified atom stereocenters. The first-order valence-electron chi connectivity index (χ1n) is 7.80. The minimum atomic E-state index is -2.18. The summed E-state index contributed by atoms with van der Waals surface area (Å²) >= 11 is 2.07. The number of unbranched alkanes of at least 4 members (excludes halogenated alkanes) is 3. The zero-order valence-electron chi connectivity index (χ0n) is 12.7. The molecule has 1 aromatic rings. The predicted molar refractivity (Wildman–Crippen MR) is 99.4 cm³/mol. The van der Waals surface area contributed by atoms with Crippen molar-refractivity contribution in [2.24, 2.45) is 0 Å². The van der Waals surface area contributed by atoms with Crippen LogP contribution >= 0.6 is 33.9 Å². The Morgan fingerprint density at radius 1 is 1.00 bits per heavy atom. The molecule has 0 aromatic carbocycles. The summed E-state index contributed by atoms with van der Waals surface area (Å²) in [5.74, 6) is 0. The van der Waals surface area contributed by atoms with Crippen LogP contribution in [-0.2, 0) is 0 Å². The molecule has 0 aliphatic rings. The first kappa shape index (κ1) is 18.2. The number of nitrogens with zero attached hydrogens (tertiary/aromatic N) is 1. The molecule has 0 fully saturated rings. The van der Waals surface area contributed by atoms with E-state index in [1.54, 1.807) is 3.71 Å². The standard InChI is InChI=1S/3C4H9.C3HINS.Sn/c3*1-3-4-2;4-3-5-1-2-6-3;/h3*1,3-4H2,2H3;2H;. The number of halogens is 1. The molecule has 0 atom stereocenters. The van der Waals surface area contributed by atoms with Crippen LogP contribution < -0.4 is 3.71 Å². The van der Waals surface area contributed by atoms with Gasteiger partial charge in [-0.2, -0.15) is 0 Å². The van der Waals surface area contributed by atoms with Gasteiger partial charge in [-0.15, -0.1) is 0 Å². The Bertz CT molecular complexity index is 332. The van der Waals surface area contributed by atoms with E-state index in [1.807, 2.05) is 11.3 Å². The van der Waals surface area contributed by atoms with Gasteiger partial charge in [0.1, 0.15) is 0 Å². The first-order chi connectivity index (χ1) is 9.18. The second kappa shape index (κ2) is 9.98. The number of rotatable bonds is 10. The van der Waals surface area contributed by atoms with Gasteiger partial charge in [-0.05, 0) is 0 Å². The van der Waals surface area contributed by atoms with Gasteiger partial charge >= 0.3 is 142 Å². The summed E-state index contributed by atoms with van der Waals surface area (Å²) < 4.78 is 7.44. The van der Waals surface area contributed by atoms with Gasteiger partial charge in [-0.3, -0.25) is 0 Å². The minimum absolute atomic E-state index is 1.25. The fraction of sp³-hybridized carbons (Fsp3) is 0.800. The molecule has 0 aliphatic heterocycles. The third-order valence-corrected chi connectivity index (χ3v) is 21.3. The average Bonchev–Trinajstić information content (AvgIpc) is 2.85. The molecular formula is C15H28INSSn. The summed E-state index contributed by atoms with van der Waals surface area (Å²) in [4.78, 5) is 4.94. The Balaban J connectivity index is 2.93. The molecule has 19 heavy (non-hydrogen) atoms. The van der Waals surface area contributed by atoms with E-state index in [1.165, 1.54) is 54.8 Å². The molecule has 0 bridgehead atoms. The summed E-state index contributed by atoms with van der Waals surface area (Å²) in [6.45, 7) is 7.00. The number of hydrogen-bond donors (Lipinski definition) is 0. The van der Waals surface area contributed by atoms with Crippen molar-refractivity contribution in [1.29, 1.82) is 0 Å². The van der Waals surface area contributed by atoms with Gasteiger partial charge in [0.2, 0.25) is 0 Å². The zero-order chi connectivity index (χ0) is 14.1. The monoisotopic (exact) mass is 501 g/mol. The van der Waals surface area contributed by atoms with Crippen molar-refractivity contribution in [3.05, 3.63) is 8.39 Å². The molecule has 0 N–H and O–H groups in total. The van der Waals surface area contributed by atoms with Gasteiger partial charge in [0.25, 0.3) is 0 Å². The van der Waals surface area contributed by atoms with Crippen LogP contribution in [-0.4, -0.2) is 23.4 Å². The summed E-state index contributed by atoms with van der Waals surface area (Å²) in [5, 5.41) is 2.42. The van der Waals surface area contributed by atoms with Gasteiger partial charge in [-0.25, -0.2) is 0 Å². The topological polar surface area (TPSA) is 12.9 Å². The predicted octanol–water partition coefficient (Wildman–Crippen LogP) is 5.80. The molecule has 1 rings (SSSR count). The van der Waals surface area contributed by atoms with Crippen LogP contribution in [0, 0.1) is 3.01 Å². The Kier molecular flexibility index (Phi) is 9.56. The number of thiazole rings is 1. The Morgan fingerprint density at radius 3 is 1.79 bits per heavy atom. The van der Waals surface area contributed by atoms with Crippen LogP contribution in [0.3, 0.4) is 0 Å². The third-order valence-electron chi connectivity index (χ3n) is 4.05. The molecular weight excluding hydrogens is 472 g/mol. The van der Waals surface area contributed by atoms with Crippen LogP contribution in [0.5, 0.6) is 0 Å². The second-order valence-electron chi connectivity index (χ2n) is 5.58. The molecule has 1 nitrogen and oxygen atoms in total. The molecule has 0 saturated carbocycles. The van der Waals surface area contributed by atoms with Crippen molar-refractivity contribution in [3.8, 4) is 0 Å². The third kappa shape index (κ3) is 5.81. The molecule has 0 spiro atoms. The summed E-state index contributed by atoms with van der Waals surface area (Å²) in [6.07, 6.45) is 8.32. The molecule has 0 saturated heterocycles. The summed E-state index contributed by atoms with van der Waals surface area (Å²) in [7, 11) is 0. The van der Waals surface area contributed by atoms with Crippen molar-refractivity contribution in [1.82, 2.24) is 4.98 Å². The number of aromatic nitrogens is 1. The number of hydrogen-bond acceptors (Lipinski definition) is 2. The van der Waals surface area contributed by atoms with Crippen molar-refractivity contribution in [2.75, 3.05) is 0 Å². The van der Waals surface area contributed by atoms with Gasteiger partial charge < -0.3 is 0 Å². The van der Waals surface area contributed by atoms with E-state index < -0.39 is 18.4 Å². The maximum atomic E-state index is 4.94. The zero-order valence-corrected chi connectivity index (χ0v) is 18.5. The van der Waals surface area contributed by atoms with Crippen molar-refractivity contribution in [2.45, 2.75) is 72.6 Å². The quantitative estimate of drug-likeness (QED) is 0.293. The fourth-order valence-electron chi connectivity index (χ4n) is 2.80. The van der Waals surface area contributed by atoms with E-state index in [0.29, 0.717) is 0 Å². The first-order valence-corrected chi connectivity index (χ1v) is 17.2. The van der Waals surface area contributed by atoms with Gasteiger partial charge in [0, 0.05) is 0 Å². The molecule has 0 radical (unpaired) electrons. The Hall–Kier alpha value is 1.16. The maximum absolute atomic E-state index is 4.94. The molecule has 0 aliphatic carbocycles. The van der Waals surface area contributed by atoms with E-state index in [2.05, 4.69) is 48.7 Å². The second-order valence-corrected chi connectivity index (χ2v) is 21.2.